The van der Waals surface area contributed by atoms with E-state index in [4.69, 9.17) is 14.2 Å². The highest BCUT2D eigenvalue weighted by atomic mass is 32.1. The molecule has 0 atom stereocenters. The Morgan fingerprint density at radius 2 is 1.61 bits per heavy atom. The average Bonchev–Trinajstić information content (AvgIpc) is 3.18. The maximum absolute atomic E-state index is 12.9. The second kappa shape index (κ2) is 7.56. The summed E-state index contributed by atoms with van der Waals surface area (Å²) in [5, 5.41) is 2.95. The molecular weight excluding hydrogens is 374 g/mol. The predicted molar refractivity (Wildman–Crippen MR) is 111 cm³/mol. The van der Waals surface area contributed by atoms with Crippen LogP contribution in [0.4, 0.5) is 5.69 Å². The fourth-order valence-electron chi connectivity index (χ4n) is 3.53. The Hall–Kier alpha value is -2.99. The number of fused-ring (bicyclic) bond motifs is 3. The Bertz CT molecular complexity index is 1020. The van der Waals surface area contributed by atoms with E-state index in [1.54, 1.807) is 33.5 Å². The number of thiophene rings is 1. The van der Waals surface area contributed by atoms with Crippen molar-refractivity contribution in [3.05, 3.63) is 58.5 Å². The van der Waals surface area contributed by atoms with Crippen LogP contribution in [0.2, 0.25) is 0 Å². The van der Waals surface area contributed by atoms with E-state index < -0.39 is 0 Å². The predicted octanol–water partition coefficient (Wildman–Crippen LogP) is 4.79. The highest BCUT2D eigenvalue weighted by Crippen LogP contribution is 2.41. The van der Waals surface area contributed by atoms with Gasteiger partial charge in [-0.15, -0.1) is 11.3 Å². The first-order valence-corrected chi connectivity index (χ1v) is 9.78. The molecule has 2 aromatic carbocycles. The lowest BCUT2D eigenvalue weighted by Gasteiger charge is -2.15. The fourth-order valence-corrected chi connectivity index (χ4v) is 4.70. The van der Waals surface area contributed by atoms with Gasteiger partial charge in [-0.2, -0.15) is 0 Å². The van der Waals surface area contributed by atoms with Gasteiger partial charge in [0, 0.05) is 22.7 Å². The molecule has 1 heterocycles. The molecule has 0 saturated carbocycles. The molecule has 6 heteroatoms. The number of ether oxygens (including phenoxy) is 3. The molecule has 1 aromatic heterocycles. The molecule has 144 valence electrons. The number of anilines is 1. The summed E-state index contributed by atoms with van der Waals surface area (Å²) in [5.41, 5.74) is 4.40. The summed E-state index contributed by atoms with van der Waals surface area (Å²) >= 11 is 1.53. The van der Waals surface area contributed by atoms with Gasteiger partial charge in [0.25, 0.3) is 5.91 Å². The molecule has 28 heavy (non-hydrogen) atoms. The summed E-state index contributed by atoms with van der Waals surface area (Å²) in [6.45, 7) is 0. The lowest BCUT2D eigenvalue weighted by Crippen LogP contribution is -2.10. The first kappa shape index (κ1) is 18.4. The van der Waals surface area contributed by atoms with Gasteiger partial charge in [0.05, 0.1) is 26.2 Å². The first-order chi connectivity index (χ1) is 13.6. The zero-order chi connectivity index (χ0) is 19.7. The summed E-state index contributed by atoms with van der Waals surface area (Å²) in [7, 11) is 4.65. The van der Waals surface area contributed by atoms with Crippen LogP contribution in [0.5, 0.6) is 17.2 Å². The standard InChI is InChI=1S/C22H21NO4S/c1-25-17-11-15(12-18(26-2)20(17)27-3)23-22(24)19-10-14-9-8-13-6-4-5-7-16(13)21(14)28-19/h4-7,10-12H,8-9H2,1-3H3,(H,23,24). The molecule has 0 saturated heterocycles. The van der Waals surface area contributed by atoms with Crippen LogP contribution < -0.4 is 19.5 Å². The van der Waals surface area contributed by atoms with Gasteiger partial charge in [-0.3, -0.25) is 4.79 Å². The van der Waals surface area contributed by atoms with Gasteiger partial charge in [0.1, 0.15) is 0 Å². The van der Waals surface area contributed by atoms with Gasteiger partial charge in [-0.25, -0.2) is 0 Å². The molecule has 0 spiro atoms. The molecule has 1 amide bonds. The lowest BCUT2D eigenvalue weighted by molar-refractivity contribution is 0.103. The van der Waals surface area contributed by atoms with Crippen LogP contribution in [0.1, 0.15) is 20.8 Å². The largest absolute Gasteiger partial charge is 0.493 e. The Morgan fingerprint density at radius 3 is 2.29 bits per heavy atom. The third-order valence-electron chi connectivity index (χ3n) is 4.88. The molecule has 0 radical (unpaired) electrons. The van der Waals surface area contributed by atoms with Crippen molar-refractivity contribution in [1.29, 1.82) is 0 Å². The SMILES string of the molecule is COc1cc(NC(=O)c2cc3c(s2)-c2ccccc2CC3)cc(OC)c1OC. The number of amides is 1. The molecule has 0 unspecified atom stereocenters. The third-order valence-corrected chi connectivity index (χ3v) is 6.09. The summed E-state index contributed by atoms with van der Waals surface area (Å²) in [5.74, 6) is 1.34. The topological polar surface area (TPSA) is 56.8 Å². The molecule has 0 bridgehead atoms. The molecule has 1 aliphatic rings. The summed E-state index contributed by atoms with van der Waals surface area (Å²) < 4.78 is 16.0. The Kier molecular flexibility index (Phi) is 4.96. The second-order valence-corrected chi connectivity index (χ2v) is 7.54. The fraction of sp³-hybridized carbons (Fsp3) is 0.227. The molecule has 4 rings (SSSR count). The molecule has 3 aromatic rings. The van der Waals surface area contributed by atoms with Crippen LogP contribution in [0.3, 0.4) is 0 Å². The molecule has 0 aliphatic heterocycles. The Balaban J connectivity index is 1.63. The smallest absolute Gasteiger partial charge is 0.265 e. The number of carbonyl (C=O) groups excluding carboxylic acids is 1. The monoisotopic (exact) mass is 395 g/mol. The summed E-state index contributed by atoms with van der Waals surface area (Å²) in [6.07, 6.45) is 1.97. The first-order valence-electron chi connectivity index (χ1n) is 8.97. The number of carbonyl (C=O) groups is 1. The number of nitrogens with one attached hydrogen (secondary N) is 1. The Morgan fingerprint density at radius 1 is 0.929 bits per heavy atom. The maximum atomic E-state index is 12.9. The number of benzene rings is 2. The number of rotatable bonds is 5. The number of aryl methyl sites for hydroxylation is 2. The Labute approximate surface area is 167 Å². The van der Waals surface area contributed by atoms with E-state index in [1.165, 1.54) is 32.9 Å². The molecule has 1 aliphatic carbocycles. The highest BCUT2D eigenvalue weighted by Gasteiger charge is 2.22. The van der Waals surface area contributed by atoms with Gasteiger partial charge in [-0.05, 0) is 35.6 Å². The average molecular weight is 395 g/mol. The van der Waals surface area contributed by atoms with Crippen molar-refractivity contribution in [2.24, 2.45) is 0 Å². The van der Waals surface area contributed by atoms with E-state index in [1.807, 2.05) is 12.1 Å². The van der Waals surface area contributed by atoms with E-state index >= 15 is 0 Å². The van der Waals surface area contributed by atoms with Crippen LogP contribution in [-0.4, -0.2) is 27.2 Å². The molecule has 0 fully saturated rings. The maximum Gasteiger partial charge on any atom is 0.265 e. The van der Waals surface area contributed by atoms with Crippen LogP contribution in [0.15, 0.2) is 42.5 Å². The van der Waals surface area contributed by atoms with Crippen molar-refractivity contribution in [2.45, 2.75) is 12.8 Å². The van der Waals surface area contributed by atoms with Crippen molar-refractivity contribution in [1.82, 2.24) is 0 Å². The van der Waals surface area contributed by atoms with Gasteiger partial charge in [0.15, 0.2) is 11.5 Å². The van der Waals surface area contributed by atoms with Crippen molar-refractivity contribution >= 4 is 22.9 Å². The minimum absolute atomic E-state index is 0.147. The van der Waals surface area contributed by atoms with E-state index in [9.17, 15) is 4.79 Å². The normalized spacial score (nSPS) is 12.0. The second-order valence-electron chi connectivity index (χ2n) is 6.49. The van der Waals surface area contributed by atoms with Crippen molar-refractivity contribution in [2.75, 3.05) is 26.6 Å². The van der Waals surface area contributed by atoms with Crippen molar-refractivity contribution < 1.29 is 19.0 Å². The van der Waals surface area contributed by atoms with Crippen LogP contribution in [-0.2, 0) is 12.8 Å². The lowest BCUT2D eigenvalue weighted by atomic mass is 9.91. The zero-order valence-corrected chi connectivity index (χ0v) is 16.8. The third kappa shape index (κ3) is 3.20. The minimum atomic E-state index is -0.147. The summed E-state index contributed by atoms with van der Waals surface area (Å²) in [4.78, 5) is 14.8. The highest BCUT2D eigenvalue weighted by molar-refractivity contribution is 7.17. The van der Waals surface area contributed by atoms with E-state index in [0.29, 0.717) is 27.8 Å². The zero-order valence-electron chi connectivity index (χ0n) is 16.0. The minimum Gasteiger partial charge on any atom is -0.493 e. The van der Waals surface area contributed by atoms with Gasteiger partial charge in [-0.1, -0.05) is 24.3 Å². The van der Waals surface area contributed by atoms with E-state index in [-0.39, 0.29) is 5.91 Å². The number of methoxy groups -OCH3 is 3. The molecular formula is C22H21NO4S. The summed E-state index contributed by atoms with van der Waals surface area (Å²) in [6, 6.07) is 13.9. The van der Waals surface area contributed by atoms with Gasteiger partial charge >= 0.3 is 0 Å². The van der Waals surface area contributed by atoms with Crippen LogP contribution in [0, 0.1) is 0 Å². The van der Waals surface area contributed by atoms with Gasteiger partial charge in [0.2, 0.25) is 5.75 Å². The van der Waals surface area contributed by atoms with Crippen molar-refractivity contribution in [3.63, 3.8) is 0 Å². The molecule has 5 nitrogen and oxygen atoms in total. The quantitative estimate of drug-likeness (QED) is 0.675. The van der Waals surface area contributed by atoms with Gasteiger partial charge < -0.3 is 19.5 Å². The van der Waals surface area contributed by atoms with Crippen LogP contribution in [0.25, 0.3) is 10.4 Å². The number of hydrogen-bond donors (Lipinski definition) is 1. The number of hydrogen-bond acceptors (Lipinski definition) is 5. The molecule has 1 N–H and O–H groups in total. The van der Waals surface area contributed by atoms with Crippen LogP contribution >= 0.6 is 11.3 Å². The van der Waals surface area contributed by atoms with Crippen molar-refractivity contribution in [3.8, 4) is 27.7 Å². The van der Waals surface area contributed by atoms with E-state index in [0.717, 1.165) is 12.8 Å². The van der Waals surface area contributed by atoms with E-state index in [2.05, 4.69) is 23.5 Å².